The van der Waals surface area contributed by atoms with E-state index in [0.29, 0.717) is 29.0 Å². The SMILES string of the molecule is CCCCC(Oc1nc(-c2cc(C(C)(C)C)c(O)c(C(C)(C)C)c2)nc2nc[nH]c12)C(=O)O. The molecule has 1 atom stereocenters. The number of carboxylic acids is 1. The van der Waals surface area contributed by atoms with Gasteiger partial charge in [0, 0.05) is 16.7 Å². The van der Waals surface area contributed by atoms with Gasteiger partial charge in [0.25, 0.3) is 0 Å². The molecular formula is C25H34N4O4. The molecular weight excluding hydrogens is 420 g/mol. The monoisotopic (exact) mass is 454 g/mol. The zero-order chi connectivity index (χ0) is 24.6. The van der Waals surface area contributed by atoms with E-state index in [1.165, 1.54) is 6.33 Å². The van der Waals surface area contributed by atoms with Gasteiger partial charge in [-0.2, -0.15) is 4.98 Å². The largest absolute Gasteiger partial charge is 0.507 e. The van der Waals surface area contributed by atoms with Crippen molar-refractivity contribution in [3.05, 3.63) is 29.6 Å². The van der Waals surface area contributed by atoms with Crippen molar-refractivity contribution in [2.75, 3.05) is 0 Å². The number of hydrogen-bond acceptors (Lipinski definition) is 6. The molecule has 1 unspecified atom stereocenters. The van der Waals surface area contributed by atoms with Gasteiger partial charge in [-0.25, -0.2) is 14.8 Å². The predicted molar refractivity (Wildman–Crippen MR) is 128 cm³/mol. The van der Waals surface area contributed by atoms with Crippen LogP contribution in [0.1, 0.15) is 78.9 Å². The molecule has 3 aromatic rings. The van der Waals surface area contributed by atoms with Crippen LogP contribution in [0.5, 0.6) is 11.6 Å². The molecule has 2 heterocycles. The summed E-state index contributed by atoms with van der Waals surface area (Å²) in [4.78, 5) is 28.2. The molecule has 0 fully saturated rings. The lowest BCUT2D eigenvalue weighted by atomic mass is 9.78. The van der Waals surface area contributed by atoms with Gasteiger partial charge in [0.1, 0.15) is 11.3 Å². The van der Waals surface area contributed by atoms with Crippen molar-refractivity contribution in [1.29, 1.82) is 0 Å². The van der Waals surface area contributed by atoms with Crippen molar-refractivity contribution in [3.8, 4) is 23.0 Å². The van der Waals surface area contributed by atoms with Crippen molar-refractivity contribution in [2.24, 2.45) is 0 Å². The summed E-state index contributed by atoms with van der Waals surface area (Å²) in [5.74, 6) is -0.258. The molecule has 0 spiro atoms. The summed E-state index contributed by atoms with van der Waals surface area (Å²) in [6.07, 6.45) is 2.43. The average molecular weight is 455 g/mol. The standard InChI is InChI=1S/C25H34N4O4/c1-8-9-10-17(23(31)32)33-22-18-21(27-13-26-18)28-20(29-22)14-11-15(24(2,3)4)19(30)16(12-14)25(5,6)7/h11-13,17,30H,8-10H2,1-7H3,(H,31,32)(H,26,27,28,29). The summed E-state index contributed by atoms with van der Waals surface area (Å²) in [6.45, 7) is 14.2. The Kier molecular flexibility index (Phi) is 6.68. The van der Waals surface area contributed by atoms with E-state index in [9.17, 15) is 15.0 Å². The van der Waals surface area contributed by atoms with Crippen LogP contribution in [-0.4, -0.2) is 42.2 Å². The lowest BCUT2D eigenvalue weighted by molar-refractivity contribution is -0.145. The second-order valence-corrected chi connectivity index (χ2v) is 10.5. The van der Waals surface area contributed by atoms with Gasteiger partial charge in [0.05, 0.1) is 6.33 Å². The molecule has 178 valence electrons. The second-order valence-electron chi connectivity index (χ2n) is 10.5. The Bertz CT molecular complexity index is 1120. The summed E-state index contributed by atoms with van der Waals surface area (Å²) in [7, 11) is 0. The van der Waals surface area contributed by atoms with Crippen molar-refractivity contribution in [1.82, 2.24) is 19.9 Å². The molecule has 33 heavy (non-hydrogen) atoms. The lowest BCUT2D eigenvalue weighted by Crippen LogP contribution is -2.27. The van der Waals surface area contributed by atoms with Gasteiger partial charge in [-0.1, -0.05) is 54.9 Å². The Morgan fingerprint density at radius 2 is 1.70 bits per heavy atom. The molecule has 0 radical (unpaired) electrons. The number of unbranched alkanes of at least 4 members (excludes halogenated alkanes) is 1. The normalized spacial score (nSPS) is 13.3. The summed E-state index contributed by atoms with van der Waals surface area (Å²) >= 11 is 0. The highest BCUT2D eigenvalue weighted by Gasteiger charge is 2.28. The fraction of sp³-hybridized carbons (Fsp3) is 0.520. The Hall–Kier alpha value is -3.16. The number of phenolic OH excluding ortho intramolecular Hbond substituents is 1. The van der Waals surface area contributed by atoms with Crippen LogP contribution in [0.4, 0.5) is 0 Å². The van der Waals surface area contributed by atoms with Crippen LogP contribution in [0, 0.1) is 0 Å². The minimum Gasteiger partial charge on any atom is -0.507 e. The van der Waals surface area contributed by atoms with E-state index >= 15 is 0 Å². The second kappa shape index (κ2) is 9.00. The van der Waals surface area contributed by atoms with Crippen molar-refractivity contribution in [2.45, 2.75) is 84.7 Å². The first-order valence-electron chi connectivity index (χ1n) is 11.3. The zero-order valence-electron chi connectivity index (χ0n) is 20.5. The smallest absolute Gasteiger partial charge is 0.344 e. The molecule has 0 bridgehead atoms. The molecule has 3 N–H and O–H groups in total. The van der Waals surface area contributed by atoms with E-state index < -0.39 is 12.1 Å². The first kappa shape index (κ1) is 24.5. The summed E-state index contributed by atoms with van der Waals surface area (Å²) < 4.78 is 5.86. The maximum atomic E-state index is 11.8. The minimum absolute atomic E-state index is 0.152. The molecule has 0 aliphatic carbocycles. The summed E-state index contributed by atoms with van der Waals surface area (Å²) in [5.41, 5.74) is 2.48. The van der Waals surface area contributed by atoms with E-state index in [2.05, 4.69) is 19.9 Å². The topological polar surface area (TPSA) is 121 Å². The van der Waals surface area contributed by atoms with Crippen LogP contribution in [0.25, 0.3) is 22.6 Å². The number of benzene rings is 1. The van der Waals surface area contributed by atoms with Gasteiger partial charge in [-0.05, 0) is 35.8 Å². The van der Waals surface area contributed by atoms with Crippen LogP contribution in [0.15, 0.2) is 18.5 Å². The third kappa shape index (κ3) is 5.26. The molecule has 0 saturated carbocycles. The van der Waals surface area contributed by atoms with Crippen LogP contribution in [0.3, 0.4) is 0 Å². The minimum atomic E-state index is -1.04. The highest BCUT2D eigenvalue weighted by molar-refractivity contribution is 5.80. The number of hydrogen-bond donors (Lipinski definition) is 3. The Morgan fingerprint density at radius 1 is 1.09 bits per heavy atom. The van der Waals surface area contributed by atoms with Crippen LogP contribution in [0.2, 0.25) is 0 Å². The molecule has 0 aliphatic heterocycles. The van der Waals surface area contributed by atoms with Crippen molar-refractivity contribution in [3.63, 3.8) is 0 Å². The van der Waals surface area contributed by atoms with Gasteiger partial charge in [0.2, 0.25) is 5.88 Å². The van der Waals surface area contributed by atoms with E-state index in [4.69, 9.17) is 4.74 Å². The molecule has 0 aliphatic rings. The Balaban J connectivity index is 2.19. The Labute approximate surface area is 194 Å². The van der Waals surface area contributed by atoms with Gasteiger partial charge >= 0.3 is 5.97 Å². The van der Waals surface area contributed by atoms with Crippen molar-refractivity contribution >= 4 is 17.1 Å². The molecule has 3 rings (SSSR count). The van der Waals surface area contributed by atoms with Crippen molar-refractivity contribution < 1.29 is 19.7 Å². The summed E-state index contributed by atoms with van der Waals surface area (Å²) in [6, 6.07) is 3.77. The number of nitrogens with one attached hydrogen (secondary N) is 1. The molecule has 0 saturated heterocycles. The lowest BCUT2D eigenvalue weighted by Gasteiger charge is -2.28. The fourth-order valence-electron chi connectivity index (χ4n) is 3.69. The van der Waals surface area contributed by atoms with Crippen LogP contribution >= 0.6 is 0 Å². The van der Waals surface area contributed by atoms with E-state index in [0.717, 1.165) is 24.0 Å². The third-order valence-electron chi connectivity index (χ3n) is 5.59. The van der Waals surface area contributed by atoms with Crippen LogP contribution < -0.4 is 4.74 Å². The number of aliphatic carboxylic acids is 1. The molecule has 0 amide bonds. The Morgan fingerprint density at radius 3 is 2.21 bits per heavy atom. The quantitative estimate of drug-likeness (QED) is 0.440. The number of aromatic hydroxyl groups is 1. The first-order valence-corrected chi connectivity index (χ1v) is 11.3. The highest BCUT2D eigenvalue weighted by Crippen LogP contribution is 2.42. The van der Waals surface area contributed by atoms with Crippen LogP contribution in [-0.2, 0) is 15.6 Å². The number of rotatable bonds is 7. The molecule has 8 heteroatoms. The van der Waals surface area contributed by atoms with Gasteiger partial charge in [0.15, 0.2) is 17.6 Å². The first-order chi connectivity index (χ1) is 15.3. The van der Waals surface area contributed by atoms with E-state index in [-0.39, 0.29) is 22.5 Å². The number of fused-ring (bicyclic) bond motifs is 1. The third-order valence-corrected chi connectivity index (χ3v) is 5.59. The fourth-order valence-corrected chi connectivity index (χ4v) is 3.69. The number of aromatic nitrogens is 4. The zero-order valence-corrected chi connectivity index (χ0v) is 20.5. The number of aromatic amines is 1. The maximum absolute atomic E-state index is 11.8. The molecule has 2 aromatic heterocycles. The van der Waals surface area contributed by atoms with E-state index in [1.54, 1.807) is 0 Å². The number of nitrogens with zero attached hydrogens (tertiary/aromatic N) is 3. The number of phenols is 1. The number of H-pyrrole nitrogens is 1. The summed E-state index contributed by atoms with van der Waals surface area (Å²) in [5, 5.41) is 20.7. The predicted octanol–water partition coefficient (Wildman–Crippen LogP) is 5.34. The number of ether oxygens (including phenoxy) is 1. The van der Waals surface area contributed by atoms with Gasteiger partial charge in [-0.15, -0.1) is 0 Å². The molecule has 8 nitrogen and oxygen atoms in total. The number of imidazole rings is 1. The maximum Gasteiger partial charge on any atom is 0.344 e. The van der Waals surface area contributed by atoms with Gasteiger partial charge in [-0.3, -0.25) is 0 Å². The van der Waals surface area contributed by atoms with Gasteiger partial charge < -0.3 is 19.9 Å². The van der Waals surface area contributed by atoms with E-state index in [1.807, 2.05) is 60.6 Å². The number of carbonyl (C=O) groups is 1. The average Bonchev–Trinajstić information content (AvgIpc) is 3.18. The number of carboxylic acid groups (broad SMARTS) is 1. The molecule has 1 aromatic carbocycles. The highest BCUT2D eigenvalue weighted by atomic mass is 16.5.